The number of Topliss-reactive ketones (excluding diaryl/α,β-unsaturated/α-hetero) is 1. The Hall–Kier alpha value is -3.71. The van der Waals surface area contributed by atoms with Crippen LogP contribution in [-0.2, 0) is 10.0 Å². The van der Waals surface area contributed by atoms with Gasteiger partial charge < -0.3 is 10.1 Å². The molecule has 0 bridgehead atoms. The molecular formula is C24H20N2O4S. The average Bonchev–Trinajstić information content (AvgIpc) is 2.78. The van der Waals surface area contributed by atoms with Gasteiger partial charge in [-0.05, 0) is 48.9 Å². The predicted octanol–water partition coefficient (Wildman–Crippen LogP) is 4.37. The zero-order valence-corrected chi connectivity index (χ0v) is 17.8. The number of para-hydroxylation sites is 1. The summed E-state index contributed by atoms with van der Waals surface area (Å²) < 4.78 is 35.0. The van der Waals surface area contributed by atoms with Crippen LogP contribution in [0.3, 0.4) is 0 Å². The molecule has 0 heterocycles. The summed E-state index contributed by atoms with van der Waals surface area (Å²) in [5.41, 5.74) is 3.04. The predicted molar refractivity (Wildman–Crippen MR) is 120 cm³/mol. The normalized spacial score (nSPS) is 14.7. The number of ether oxygens (including phenoxy) is 1. The monoisotopic (exact) mass is 432 g/mol. The van der Waals surface area contributed by atoms with Gasteiger partial charge in [0.15, 0.2) is 0 Å². The van der Waals surface area contributed by atoms with Crippen LogP contribution < -0.4 is 10.1 Å². The van der Waals surface area contributed by atoms with Crippen molar-refractivity contribution in [2.75, 3.05) is 12.4 Å². The molecule has 0 fully saturated rings. The molecule has 0 saturated heterocycles. The van der Waals surface area contributed by atoms with Crippen LogP contribution >= 0.6 is 0 Å². The molecule has 7 heteroatoms. The first kappa shape index (κ1) is 20.6. The first-order valence-corrected chi connectivity index (χ1v) is 11.0. The van der Waals surface area contributed by atoms with E-state index in [9.17, 15) is 13.2 Å². The number of aryl methyl sites for hydroxylation is 1. The number of anilines is 1. The number of ketones is 1. The minimum absolute atomic E-state index is 0.0389. The van der Waals surface area contributed by atoms with Gasteiger partial charge in [-0.3, -0.25) is 4.79 Å². The summed E-state index contributed by atoms with van der Waals surface area (Å²) in [5.74, 6) is 0.324. The summed E-state index contributed by atoms with van der Waals surface area (Å²) in [6.45, 7) is 1.92. The van der Waals surface area contributed by atoms with Crippen molar-refractivity contribution in [3.05, 3.63) is 101 Å². The zero-order valence-electron chi connectivity index (χ0n) is 17.0. The van der Waals surface area contributed by atoms with Crippen molar-refractivity contribution >= 4 is 27.2 Å². The molecule has 0 amide bonds. The van der Waals surface area contributed by atoms with E-state index >= 15 is 0 Å². The number of nitrogens with zero attached hydrogens (tertiary/aromatic N) is 1. The van der Waals surface area contributed by atoms with Gasteiger partial charge in [-0.25, -0.2) is 0 Å². The summed E-state index contributed by atoms with van der Waals surface area (Å²) in [6, 6.07) is 20.4. The number of sulfonamides is 1. The maximum Gasteiger partial charge on any atom is 0.282 e. The topological polar surface area (TPSA) is 84.8 Å². The van der Waals surface area contributed by atoms with E-state index in [-0.39, 0.29) is 22.1 Å². The van der Waals surface area contributed by atoms with Crippen LogP contribution in [0.25, 0.3) is 0 Å². The van der Waals surface area contributed by atoms with Gasteiger partial charge in [0.1, 0.15) is 5.75 Å². The molecule has 0 radical (unpaired) electrons. The highest BCUT2D eigenvalue weighted by Crippen LogP contribution is 2.26. The maximum atomic E-state index is 13.0. The molecule has 31 heavy (non-hydrogen) atoms. The molecule has 0 unspecified atom stereocenters. The highest BCUT2D eigenvalue weighted by Gasteiger charge is 2.26. The van der Waals surface area contributed by atoms with Gasteiger partial charge in [0.05, 0.1) is 23.4 Å². The molecule has 0 spiro atoms. The molecule has 1 aliphatic carbocycles. The number of nitrogens with one attached hydrogen (secondary N) is 1. The highest BCUT2D eigenvalue weighted by atomic mass is 32.2. The van der Waals surface area contributed by atoms with E-state index in [4.69, 9.17) is 4.74 Å². The number of rotatable bonds is 5. The second kappa shape index (κ2) is 8.20. The second-order valence-corrected chi connectivity index (χ2v) is 8.60. The van der Waals surface area contributed by atoms with Crippen LogP contribution in [0.15, 0.2) is 93.9 Å². The summed E-state index contributed by atoms with van der Waals surface area (Å²) in [7, 11) is -2.49. The van der Waals surface area contributed by atoms with E-state index in [0.29, 0.717) is 16.9 Å². The van der Waals surface area contributed by atoms with Gasteiger partial charge in [0.2, 0.25) is 5.78 Å². The Morgan fingerprint density at radius 3 is 2.19 bits per heavy atom. The van der Waals surface area contributed by atoms with Gasteiger partial charge in [0, 0.05) is 16.8 Å². The lowest BCUT2D eigenvalue weighted by molar-refractivity contribution is 0.103. The number of methoxy groups -OCH3 is 1. The summed E-state index contributed by atoms with van der Waals surface area (Å²) in [5, 5.41) is 3.13. The maximum absolute atomic E-state index is 13.0. The first-order valence-electron chi connectivity index (χ1n) is 9.56. The molecule has 6 nitrogen and oxygen atoms in total. The number of allylic oxidation sites excluding steroid dienone is 2. The Bertz CT molecular complexity index is 1320. The molecular weight excluding hydrogens is 412 g/mol. The van der Waals surface area contributed by atoms with Crippen molar-refractivity contribution in [2.24, 2.45) is 4.40 Å². The fourth-order valence-electron chi connectivity index (χ4n) is 3.29. The Balaban J connectivity index is 1.80. The Kier molecular flexibility index (Phi) is 5.44. The second-order valence-electron chi connectivity index (χ2n) is 7.00. The summed E-state index contributed by atoms with van der Waals surface area (Å²) in [4.78, 5) is 13.1. The van der Waals surface area contributed by atoms with Crippen molar-refractivity contribution in [1.82, 2.24) is 0 Å². The van der Waals surface area contributed by atoms with E-state index in [1.807, 2.05) is 31.2 Å². The zero-order chi connectivity index (χ0) is 22.0. The molecule has 0 atom stereocenters. The Morgan fingerprint density at radius 2 is 1.52 bits per heavy atom. The molecule has 0 aliphatic heterocycles. The number of fused-ring (bicyclic) bond motifs is 1. The molecule has 0 aromatic heterocycles. The van der Waals surface area contributed by atoms with Gasteiger partial charge in [-0.15, -0.1) is 0 Å². The quantitative estimate of drug-likeness (QED) is 0.647. The minimum atomic E-state index is -4.00. The fraction of sp³-hybridized carbons (Fsp3) is 0.0833. The van der Waals surface area contributed by atoms with E-state index < -0.39 is 10.0 Å². The lowest BCUT2D eigenvalue weighted by atomic mass is 9.92. The Morgan fingerprint density at radius 1 is 0.871 bits per heavy atom. The number of carbonyl (C=O) groups excluding carboxylic acids is 1. The van der Waals surface area contributed by atoms with Crippen LogP contribution in [0.5, 0.6) is 5.75 Å². The SMILES string of the molecule is COc1ccc(S(=O)(=O)N=C2C=C(Nc3ccccc3C)C(=O)c3ccccc32)cc1. The van der Waals surface area contributed by atoms with Gasteiger partial charge in [-0.1, -0.05) is 42.5 Å². The summed E-state index contributed by atoms with van der Waals surface area (Å²) in [6.07, 6.45) is 1.48. The standard InChI is InChI=1S/C24H20N2O4S/c1-16-7-3-6-10-21(16)25-23-15-22(19-8-4-5-9-20(19)24(23)27)26-31(28,29)18-13-11-17(30-2)12-14-18/h3-15,25H,1-2H3. The van der Waals surface area contributed by atoms with Gasteiger partial charge >= 0.3 is 0 Å². The minimum Gasteiger partial charge on any atom is -0.497 e. The first-order chi connectivity index (χ1) is 14.9. The fourth-order valence-corrected chi connectivity index (χ4v) is 4.28. The third-order valence-electron chi connectivity index (χ3n) is 4.96. The van der Waals surface area contributed by atoms with Crippen LogP contribution in [-0.4, -0.2) is 27.0 Å². The third kappa shape index (κ3) is 4.13. The van der Waals surface area contributed by atoms with E-state index in [0.717, 1.165) is 11.3 Å². The van der Waals surface area contributed by atoms with E-state index in [1.54, 1.807) is 36.4 Å². The van der Waals surface area contributed by atoms with Crippen molar-refractivity contribution < 1.29 is 17.9 Å². The molecule has 156 valence electrons. The number of benzene rings is 3. The molecule has 1 N–H and O–H groups in total. The molecule has 0 saturated carbocycles. The van der Waals surface area contributed by atoms with Crippen LogP contribution in [0, 0.1) is 6.92 Å². The van der Waals surface area contributed by atoms with Crippen molar-refractivity contribution in [2.45, 2.75) is 11.8 Å². The highest BCUT2D eigenvalue weighted by molar-refractivity contribution is 7.90. The van der Waals surface area contributed by atoms with Crippen LogP contribution in [0.1, 0.15) is 21.5 Å². The van der Waals surface area contributed by atoms with Crippen LogP contribution in [0.4, 0.5) is 5.69 Å². The molecule has 3 aromatic carbocycles. The van der Waals surface area contributed by atoms with E-state index in [1.165, 1.54) is 25.3 Å². The molecule has 1 aliphatic rings. The van der Waals surface area contributed by atoms with E-state index in [2.05, 4.69) is 9.71 Å². The molecule has 3 aromatic rings. The lowest BCUT2D eigenvalue weighted by Crippen LogP contribution is -2.23. The van der Waals surface area contributed by atoms with Gasteiger partial charge in [0.25, 0.3) is 10.0 Å². The van der Waals surface area contributed by atoms with Crippen LogP contribution in [0.2, 0.25) is 0 Å². The Labute approximate surface area is 181 Å². The third-order valence-corrected chi connectivity index (χ3v) is 6.27. The lowest BCUT2D eigenvalue weighted by Gasteiger charge is -2.19. The van der Waals surface area contributed by atoms with Gasteiger partial charge in [-0.2, -0.15) is 12.8 Å². The molecule has 4 rings (SSSR count). The van der Waals surface area contributed by atoms with Crippen molar-refractivity contribution in [3.8, 4) is 5.75 Å². The number of hydrogen-bond acceptors (Lipinski definition) is 5. The number of carbonyl (C=O) groups is 1. The number of hydrogen-bond donors (Lipinski definition) is 1. The van der Waals surface area contributed by atoms with Crippen molar-refractivity contribution in [3.63, 3.8) is 0 Å². The smallest absolute Gasteiger partial charge is 0.282 e. The van der Waals surface area contributed by atoms with Crippen molar-refractivity contribution in [1.29, 1.82) is 0 Å². The summed E-state index contributed by atoms with van der Waals surface area (Å²) >= 11 is 0. The largest absolute Gasteiger partial charge is 0.497 e. The average molecular weight is 433 g/mol.